The lowest BCUT2D eigenvalue weighted by atomic mass is 10.1. The quantitative estimate of drug-likeness (QED) is 0.705. The van der Waals surface area contributed by atoms with Gasteiger partial charge in [-0.2, -0.15) is 5.10 Å². The van der Waals surface area contributed by atoms with Gasteiger partial charge in [0, 0.05) is 24.8 Å². The molecule has 0 unspecified atom stereocenters. The second-order valence-electron chi connectivity index (χ2n) is 5.59. The molecule has 3 aromatic rings. The molecule has 23 heavy (non-hydrogen) atoms. The maximum atomic E-state index is 10.1. The van der Waals surface area contributed by atoms with Gasteiger partial charge < -0.3 is 10.4 Å². The maximum Gasteiger partial charge on any atom is 0.0914 e. The maximum absolute atomic E-state index is 10.1. The van der Waals surface area contributed by atoms with Crippen molar-refractivity contribution < 1.29 is 5.11 Å². The Hall–Kier alpha value is -2.43. The Labute approximate surface area is 136 Å². The van der Waals surface area contributed by atoms with Crippen LogP contribution in [0.4, 0.5) is 0 Å². The molecule has 0 radical (unpaired) electrons. The topological polar surface area (TPSA) is 50.1 Å². The van der Waals surface area contributed by atoms with Gasteiger partial charge in [-0.05, 0) is 11.1 Å². The zero-order valence-electron chi connectivity index (χ0n) is 13.0. The molecule has 4 nitrogen and oxygen atoms in total. The number of rotatable bonds is 7. The zero-order chi connectivity index (χ0) is 15.9. The second kappa shape index (κ2) is 7.72. The number of aromatic nitrogens is 2. The van der Waals surface area contributed by atoms with E-state index in [1.54, 1.807) is 0 Å². The number of hydrogen-bond donors (Lipinski definition) is 2. The Bertz CT molecular complexity index is 710. The molecule has 0 fully saturated rings. The molecule has 118 valence electrons. The van der Waals surface area contributed by atoms with E-state index in [1.165, 1.54) is 5.56 Å². The van der Waals surface area contributed by atoms with Crippen molar-refractivity contribution in [2.75, 3.05) is 6.54 Å². The van der Waals surface area contributed by atoms with E-state index in [4.69, 9.17) is 0 Å². The monoisotopic (exact) mass is 307 g/mol. The predicted octanol–water partition coefficient (Wildman–Crippen LogP) is 2.75. The minimum atomic E-state index is -0.490. The summed E-state index contributed by atoms with van der Waals surface area (Å²) in [6, 6.07) is 20.0. The Balaban J connectivity index is 1.48. The van der Waals surface area contributed by atoms with E-state index in [2.05, 4.69) is 22.5 Å². The zero-order valence-corrected chi connectivity index (χ0v) is 13.0. The second-order valence-corrected chi connectivity index (χ2v) is 5.59. The molecular formula is C19H21N3O. The van der Waals surface area contributed by atoms with Crippen LogP contribution in [0.25, 0.3) is 0 Å². The molecule has 0 saturated carbocycles. The van der Waals surface area contributed by atoms with Crippen molar-refractivity contribution in [3.05, 3.63) is 89.7 Å². The van der Waals surface area contributed by atoms with Crippen LogP contribution in [-0.4, -0.2) is 21.4 Å². The van der Waals surface area contributed by atoms with Gasteiger partial charge >= 0.3 is 0 Å². The smallest absolute Gasteiger partial charge is 0.0914 e. The molecule has 1 heterocycles. The highest BCUT2D eigenvalue weighted by Crippen LogP contribution is 2.11. The lowest BCUT2D eigenvalue weighted by Gasteiger charge is -2.11. The first-order chi connectivity index (χ1) is 11.3. The van der Waals surface area contributed by atoms with Gasteiger partial charge in [0.05, 0.1) is 18.8 Å². The van der Waals surface area contributed by atoms with Crippen molar-refractivity contribution in [1.82, 2.24) is 15.1 Å². The molecule has 0 bridgehead atoms. The highest BCUT2D eigenvalue weighted by Gasteiger charge is 2.06. The number of hydrogen-bond acceptors (Lipinski definition) is 3. The van der Waals surface area contributed by atoms with Crippen LogP contribution in [0, 0.1) is 0 Å². The van der Waals surface area contributed by atoms with E-state index < -0.39 is 6.10 Å². The lowest BCUT2D eigenvalue weighted by Crippen LogP contribution is -2.20. The first-order valence-electron chi connectivity index (χ1n) is 7.80. The van der Waals surface area contributed by atoms with Gasteiger partial charge in [-0.25, -0.2) is 0 Å². The molecule has 0 aliphatic heterocycles. The largest absolute Gasteiger partial charge is 0.387 e. The first kappa shape index (κ1) is 15.5. The van der Waals surface area contributed by atoms with Crippen LogP contribution in [0.1, 0.15) is 22.8 Å². The minimum absolute atomic E-state index is 0.490. The predicted molar refractivity (Wildman–Crippen MR) is 90.9 cm³/mol. The lowest BCUT2D eigenvalue weighted by molar-refractivity contribution is 0.174. The van der Waals surface area contributed by atoms with Gasteiger partial charge in [0.2, 0.25) is 0 Å². The van der Waals surface area contributed by atoms with Gasteiger partial charge in [-0.3, -0.25) is 4.68 Å². The van der Waals surface area contributed by atoms with E-state index in [1.807, 2.05) is 65.6 Å². The molecule has 3 rings (SSSR count). The van der Waals surface area contributed by atoms with Crippen LogP contribution < -0.4 is 5.32 Å². The molecule has 2 N–H and O–H groups in total. The van der Waals surface area contributed by atoms with Gasteiger partial charge in [-0.1, -0.05) is 60.7 Å². The molecule has 4 heteroatoms. The summed E-state index contributed by atoms with van der Waals surface area (Å²) in [4.78, 5) is 0. The summed E-state index contributed by atoms with van der Waals surface area (Å²) < 4.78 is 1.93. The molecule has 1 atom stereocenters. The average molecular weight is 307 g/mol. The normalized spacial score (nSPS) is 12.2. The minimum Gasteiger partial charge on any atom is -0.387 e. The molecule has 0 amide bonds. The molecule has 2 aromatic carbocycles. The standard InChI is InChI=1S/C19H21N3O/c23-19(18-9-5-2-6-10-18)13-20-11-17-12-21-22(15-17)14-16-7-3-1-4-8-16/h1-10,12,15,19-20,23H,11,13-14H2/t19-/m0/s1. The van der Waals surface area contributed by atoms with Crippen LogP contribution in [-0.2, 0) is 13.1 Å². The number of nitrogens with one attached hydrogen (secondary N) is 1. The summed E-state index contributed by atoms with van der Waals surface area (Å²) >= 11 is 0. The van der Waals surface area contributed by atoms with E-state index >= 15 is 0 Å². The van der Waals surface area contributed by atoms with Gasteiger partial charge in [0.25, 0.3) is 0 Å². The van der Waals surface area contributed by atoms with Crippen molar-refractivity contribution in [3.63, 3.8) is 0 Å². The van der Waals surface area contributed by atoms with Crippen molar-refractivity contribution in [1.29, 1.82) is 0 Å². The third-order valence-electron chi connectivity index (χ3n) is 3.73. The highest BCUT2D eigenvalue weighted by atomic mass is 16.3. The number of benzene rings is 2. The van der Waals surface area contributed by atoms with Crippen molar-refractivity contribution in [2.45, 2.75) is 19.2 Å². The first-order valence-corrected chi connectivity index (χ1v) is 7.80. The molecule has 0 aliphatic rings. The SMILES string of the molecule is O[C@@H](CNCc1cnn(Cc2ccccc2)c1)c1ccccc1. The fourth-order valence-electron chi connectivity index (χ4n) is 2.50. The van der Waals surface area contributed by atoms with Gasteiger partial charge in [0.1, 0.15) is 0 Å². The molecule has 0 saturated heterocycles. The van der Waals surface area contributed by atoms with Gasteiger partial charge in [0.15, 0.2) is 0 Å². The van der Waals surface area contributed by atoms with Crippen molar-refractivity contribution >= 4 is 0 Å². The summed E-state index contributed by atoms with van der Waals surface area (Å²) in [5.41, 5.74) is 3.27. The number of nitrogens with zero attached hydrogens (tertiary/aromatic N) is 2. The van der Waals surface area contributed by atoms with Crippen LogP contribution in [0.2, 0.25) is 0 Å². The molecular weight excluding hydrogens is 286 g/mol. The third-order valence-corrected chi connectivity index (χ3v) is 3.73. The fraction of sp³-hybridized carbons (Fsp3) is 0.211. The Kier molecular flexibility index (Phi) is 5.19. The summed E-state index contributed by atoms with van der Waals surface area (Å²) in [6.07, 6.45) is 3.41. The highest BCUT2D eigenvalue weighted by molar-refractivity contribution is 5.18. The van der Waals surface area contributed by atoms with Crippen molar-refractivity contribution in [3.8, 4) is 0 Å². The van der Waals surface area contributed by atoms with Crippen LogP contribution >= 0.6 is 0 Å². The number of aliphatic hydroxyl groups is 1. The number of aliphatic hydroxyl groups excluding tert-OH is 1. The summed E-state index contributed by atoms with van der Waals surface area (Å²) in [6.45, 7) is 1.99. The summed E-state index contributed by atoms with van der Waals surface area (Å²) in [5, 5.41) is 17.8. The molecule has 1 aromatic heterocycles. The molecule has 0 aliphatic carbocycles. The van der Waals surface area contributed by atoms with Crippen LogP contribution in [0.15, 0.2) is 73.1 Å². The van der Waals surface area contributed by atoms with Crippen LogP contribution in [0.3, 0.4) is 0 Å². The van der Waals surface area contributed by atoms with E-state index in [-0.39, 0.29) is 0 Å². The van der Waals surface area contributed by atoms with E-state index in [0.717, 1.165) is 17.7 Å². The third kappa shape index (κ3) is 4.52. The fourth-order valence-corrected chi connectivity index (χ4v) is 2.50. The van der Waals surface area contributed by atoms with Crippen molar-refractivity contribution in [2.24, 2.45) is 0 Å². The van der Waals surface area contributed by atoms with E-state index in [0.29, 0.717) is 13.1 Å². The summed E-state index contributed by atoms with van der Waals surface area (Å²) in [7, 11) is 0. The Morgan fingerprint density at radius 2 is 1.65 bits per heavy atom. The van der Waals surface area contributed by atoms with E-state index in [9.17, 15) is 5.11 Å². The molecule has 0 spiro atoms. The average Bonchev–Trinajstić information content (AvgIpc) is 3.04. The summed E-state index contributed by atoms with van der Waals surface area (Å²) in [5.74, 6) is 0. The van der Waals surface area contributed by atoms with Gasteiger partial charge in [-0.15, -0.1) is 0 Å². The Morgan fingerprint density at radius 3 is 2.39 bits per heavy atom. The van der Waals surface area contributed by atoms with Crippen LogP contribution in [0.5, 0.6) is 0 Å². The Morgan fingerprint density at radius 1 is 0.957 bits per heavy atom.